The molecule has 0 aliphatic rings. The molecule has 0 N–H and O–H groups in total. The van der Waals surface area contributed by atoms with Gasteiger partial charge >= 0.3 is 15.9 Å². The van der Waals surface area contributed by atoms with Crippen LogP contribution in [0, 0.1) is 0 Å². The molecule has 0 aromatic heterocycles. The van der Waals surface area contributed by atoms with Crippen molar-refractivity contribution in [2.24, 2.45) is 0 Å². The van der Waals surface area contributed by atoms with Crippen molar-refractivity contribution >= 4 is 26.3 Å². The minimum Gasteiger partial charge on any atom is -0.540 e. The number of hydrogen-bond acceptors (Lipinski definition) is 4. The average Bonchev–Trinajstić information content (AvgIpc) is 2.71. The van der Waals surface area contributed by atoms with Crippen molar-refractivity contribution in [2.75, 3.05) is 13.2 Å². The first-order valence-corrected chi connectivity index (χ1v) is 13.8. The maximum absolute atomic E-state index is 12.6. The zero-order valence-electron chi connectivity index (χ0n) is 18.6. The van der Waals surface area contributed by atoms with Crippen LogP contribution in [0.4, 0.5) is 0 Å². The molecule has 0 unspecified atom stereocenters. The summed E-state index contributed by atoms with van der Waals surface area (Å²) in [4.78, 5) is 0. The predicted molar refractivity (Wildman–Crippen MR) is 128 cm³/mol. The molecule has 0 bridgehead atoms. The second-order valence-corrected chi connectivity index (χ2v) is 14.0. The number of benzene rings is 2. The maximum atomic E-state index is 12.6. The molecule has 0 saturated carbocycles. The quantitative estimate of drug-likeness (QED) is 0.199. The maximum Gasteiger partial charge on any atom is 0.354 e. The van der Waals surface area contributed by atoms with Gasteiger partial charge in [-0.1, -0.05) is 87.5 Å². The minimum atomic E-state index is -3.22. The van der Waals surface area contributed by atoms with Crippen molar-refractivity contribution in [3.63, 3.8) is 0 Å². The van der Waals surface area contributed by atoms with Crippen molar-refractivity contribution in [1.29, 1.82) is 0 Å². The molecule has 2 aromatic rings. The van der Waals surface area contributed by atoms with Crippen LogP contribution in [0.1, 0.15) is 34.6 Å². The molecular formula is C24H33O4PSi. The molecule has 0 saturated heterocycles. The molecule has 0 aliphatic carbocycles. The van der Waals surface area contributed by atoms with E-state index in [1.807, 2.05) is 12.1 Å². The lowest BCUT2D eigenvalue weighted by Gasteiger charge is -2.41. The lowest BCUT2D eigenvalue weighted by molar-refractivity contribution is 0.229. The number of hydrogen-bond donors (Lipinski definition) is 0. The van der Waals surface area contributed by atoms with Crippen LogP contribution >= 0.6 is 7.60 Å². The van der Waals surface area contributed by atoms with Crippen molar-refractivity contribution in [3.8, 4) is 0 Å². The molecule has 30 heavy (non-hydrogen) atoms. The van der Waals surface area contributed by atoms with Crippen molar-refractivity contribution in [2.45, 2.75) is 39.7 Å². The van der Waals surface area contributed by atoms with Crippen LogP contribution in [0.2, 0.25) is 5.04 Å². The van der Waals surface area contributed by atoms with Crippen LogP contribution in [0.15, 0.2) is 84.9 Å². The van der Waals surface area contributed by atoms with E-state index in [0.29, 0.717) is 13.2 Å². The highest BCUT2D eigenvalue weighted by molar-refractivity contribution is 7.57. The van der Waals surface area contributed by atoms with E-state index in [4.69, 9.17) is 13.5 Å². The van der Waals surface area contributed by atoms with Gasteiger partial charge in [-0.15, -0.1) is 0 Å². The summed E-state index contributed by atoms with van der Waals surface area (Å²) >= 11 is 0. The second kappa shape index (κ2) is 10.9. The van der Waals surface area contributed by atoms with Gasteiger partial charge in [0.25, 0.3) is 0 Å². The van der Waals surface area contributed by atoms with Gasteiger partial charge in [0.05, 0.1) is 19.5 Å². The fourth-order valence-electron chi connectivity index (χ4n) is 3.52. The predicted octanol–water partition coefficient (Wildman–Crippen LogP) is 5.86. The fraction of sp³-hybridized carbons (Fsp3) is 0.333. The van der Waals surface area contributed by atoms with Crippen molar-refractivity contribution < 1.29 is 18.0 Å². The van der Waals surface area contributed by atoms with Gasteiger partial charge in [0.1, 0.15) is 0 Å². The molecule has 4 nitrogen and oxygen atoms in total. The third-order valence-electron chi connectivity index (χ3n) is 4.74. The normalized spacial score (nSPS) is 13.2. The van der Waals surface area contributed by atoms with E-state index in [0.717, 1.165) is 0 Å². The molecule has 0 atom stereocenters. The molecule has 0 aliphatic heterocycles. The molecule has 6 heteroatoms. The van der Waals surface area contributed by atoms with Crippen LogP contribution in [-0.2, 0) is 18.0 Å². The first kappa shape index (κ1) is 24.4. The Morgan fingerprint density at radius 2 is 1.30 bits per heavy atom. The van der Waals surface area contributed by atoms with Gasteiger partial charge in [-0.25, -0.2) is 0 Å². The monoisotopic (exact) mass is 444 g/mol. The standard InChI is InChI=1S/C24H33O4PSi/c1-6-26-29(25,27-7-2)21-15-14-20-28-30(24(3,4)5,22-16-10-8-11-17-22)23-18-12-9-13-19-23/h8-21H,6-7H2,1-5H3/b20-14+,21-15+. The Balaban J connectivity index is 2.41. The summed E-state index contributed by atoms with van der Waals surface area (Å²) in [5.74, 6) is 1.48. The van der Waals surface area contributed by atoms with Crippen LogP contribution in [0.25, 0.3) is 0 Å². The highest BCUT2D eigenvalue weighted by Crippen LogP contribution is 2.49. The van der Waals surface area contributed by atoms with Crippen molar-refractivity contribution in [1.82, 2.24) is 0 Å². The zero-order valence-corrected chi connectivity index (χ0v) is 20.5. The summed E-state index contributed by atoms with van der Waals surface area (Å²) in [6.45, 7) is 10.9. The Morgan fingerprint density at radius 1 is 0.833 bits per heavy atom. The third kappa shape index (κ3) is 5.83. The van der Waals surface area contributed by atoms with Gasteiger partial charge in [0, 0.05) is 5.82 Å². The van der Waals surface area contributed by atoms with Crippen LogP contribution in [0.5, 0.6) is 0 Å². The SMILES string of the molecule is CCOP(=O)(/C=C/C=C/O[Si](c1ccccc1)(c1ccccc1)C(C)(C)C)OCC. The molecule has 0 fully saturated rings. The Morgan fingerprint density at radius 3 is 1.70 bits per heavy atom. The first-order valence-electron chi connectivity index (χ1n) is 10.3. The molecular weight excluding hydrogens is 411 g/mol. The molecule has 0 spiro atoms. The zero-order chi connectivity index (χ0) is 22.1. The van der Waals surface area contributed by atoms with Crippen molar-refractivity contribution in [3.05, 3.63) is 84.9 Å². The molecule has 0 amide bonds. The summed E-state index contributed by atoms with van der Waals surface area (Å²) in [5, 5.41) is 2.29. The fourth-order valence-corrected chi connectivity index (χ4v) is 9.09. The van der Waals surface area contributed by atoms with E-state index in [1.165, 1.54) is 16.2 Å². The summed E-state index contributed by atoms with van der Waals surface area (Å²) in [7, 11) is -5.85. The van der Waals surface area contributed by atoms with E-state index in [9.17, 15) is 4.57 Å². The summed E-state index contributed by atoms with van der Waals surface area (Å²) in [6, 6.07) is 20.8. The van der Waals surface area contributed by atoms with E-state index in [-0.39, 0.29) is 5.04 Å². The van der Waals surface area contributed by atoms with E-state index < -0.39 is 15.9 Å². The van der Waals surface area contributed by atoms with E-state index >= 15 is 0 Å². The topological polar surface area (TPSA) is 44.8 Å². The summed E-state index contributed by atoms with van der Waals surface area (Å²) < 4.78 is 29.8. The van der Waals surface area contributed by atoms with Crippen LogP contribution < -0.4 is 10.4 Å². The van der Waals surface area contributed by atoms with Gasteiger partial charge in [-0.3, -0.25) is 4.57 Å². The van der Waals surface area contributed by atoms with Gasteiger partial charge < -0.3 is 13.5 Å². The number of allylic oxidation sites excluding steroid dienone is 2. The number of rotatable bonds is 10. The van der Waals surface area contributed by atoms with Gasteiger partial charge in [0.15, 0.2) is 0 Å². The lowest BCUT2D eigenvalue weighted by Crippen LogP contribution is -2.65. The smallest absolute Gasteiger partial charge is 0.354 e. The Labute approximate surface area is 182 Å². The second-order valence-electron chi connectivity index (χ2n) is 7.83. The third-order valence-corrected chi connectivity index (χ3v) is 11.4. The summed E-state index contributed by atoms with van der Waals surface area (Å²) in [6.07, 6.45) is 5.13. The highest BCUT2D eigenvalue weighted by Gasteiger charge is 2.51. The van der Waals surface area contributed by atoms with Crippen LogP contribution in [-0.4, -0.2) is 21.5 Å². The molecule has 0 heterocycles. The molecule has 162 valence electrons. The molecule has 2 aromatic carbocycles. The highest BCUT2D eigenvalue weighted by atomic mass is 31.2. The average molecular weight is 445 g/mol. The van der Waals surface area contributed by atoms with Gasteiger partial charge in [0.2, 0.25) is 0 Å². The van der Waals surface area contributed by atoms with Crippen LogP contribution in [0.3, 0.4) is 0 Å². The minimum absolute atomic E-state index is 0.115. The molecule has 2 rings (SSSR count). The Hall–Kier alpha value is -1.91. The first-order chi connectivity index (χ1) is 14.3. The lowest BCUT2D eigenvalue weighted by atomic mass is 10.2. The van der Waals surface area contributed by atoms with E-state index in [2.05, 4.69) is 69.3 Å². The Bertz CT molecular complexity index is 824. The van der Waals surface area contributed by atoms with E-state index in [1.54, 1.807) is 32.3 Å². The van der Waals surface area contributed by atoms with Gasteiger partial charge in [-0.05, 0) is 35.3 Å². The largest absolute Gasteiger partial charge is 0.540 e. The molecule has 0 radical (unpaired) electrons. The summed E-state index contributed by atoms with van der Waals surface area (Å²) in [5.41, 5.74) is 0. The van der Waals surface area contributed by atoms with Gasteiger partial charge in [-0.2, -0.15) is 0 Å². The Kier molecular flexibility index (Phi) is 8.87.